The summed E-state index contributed by atoms with van der Waals surface area (Å²) < 4.78 is 15.9. The van der Waals surface area contributed by atoms with Crippen LogP contribution in [-0.2, 0) is 16.1 Å². The number of nitrogens with one attached hydrogen (secondary N) is 1. The van der Waals surface area contributed by atoms with Crippen molar-refractivity contribution in [3.63, 3.8) is 0 Å². The Kier molecular flexibility index (Phi) is 7.29. The number of carbonyl (C=O) groups is 2. The minimum Gasteiger partial charge on any atom is -0.489 e. The number of hydrogen-bond acceptors (Lipinski definition) is 5. The van der Waals surface area contributed by atoms with Crippen LogP contribution >= 0.6 is 11.6 Å². The van der Waals surface area contributed by atoms with Gasteiger partial charge in [0.2, 0.25) is 0 Å². The van der Waals surface area contributed by atoms with Gasteiger partial charge >= 0.3 is 5.97 Å². The van der Waals surface area contributed by atoms with Crippen LogP contribution in [0.4, 0.5) is 5.69 Å². The number of esters is 1. The van der Waals surface area contributed by atoms with Gasteiger partial charge in [-0.25, -0.2) is 4.79 Å². The predicted molar refractivity (Wildman–Crippen MR) is 114 cm³/mol. The van der Waals surface area contributed by atoms with Crippen LogP contribution in [0.15, 0.2) is 72.8 Å². The largest absolute Gasteiger partial charge is 0.489 e. The van der Waals surface area contributed by atoms with E-state index in [1.54, 1.807) is 24.3 Å². The van der Waals surface area contributed by atoms with Crippen LogP contribution in [0.5, 0.6) is 11.5 Å². The van der Waals surface area contributed by atoms with Gasteiger partial charge in [0.1, 0.15) is 18.1 Å². The molecule has 6 nitrogen and oxygen atoms in total. The summed E-state index contributed by atoms with van der Waals surface area (Å²) in [4.78, 5) is 23.8. The number of benzene rings is 3. The standard InChI is InChI=1S/C23H20ClNO5/c1-28-23(27)17-7-12-20(24)21(13-17)25-22(26)15-30-19-10-8-18(9-11-19)29-14-16-5-3-2-4-6-16/h2-13H,14-15H2,1H3,(H,25,26). The molecular weight excluding hydrogens is 406 g/mol. The molecule has 0 saturated heterocycles. The van der Waals surface area contributed by atoms with Crippen molar-refractivity contribution in [1.82, 2.24) is 0 Å². The molecule has 0 aliphatic rings. The zero-order valence-electron chi connectivity index (χ0n) is 16.3. The van der Waals surface area contributed by atoms with Crippen LogP contribution in [0, 0.1) is 0 Å². The zero-order chi connectivity index (χ0) is 21.3. The molecular formula is C23H20ClNO5. The SMILES string of the molecule is COC(=O)c1ccc(Cl)c(NC(=O)COc2ccc(OCc3ccccc3)cc2)c1. The van der Waals surface area contributed by atoms with Gasteiger partial charge in [-0.3, -0.25) is 4.79 Å². The molecule has 0 unspecified atom stereocenters. The van der Waals surface area contributed by atoms with E-state index in [0.717, 1.165) is 5.56 Å². The smallest absolute Gasteiger partial charge is 0.337 e. The van der Waals surface area contributed by atoms with Crippen molar-refractivity contribution in [2.75, 3.05) is 19.0 Å². The van der Waals surface area contributed by atoms with Crippen LogP contribution in [0.2, 0.25) is 5.02 Å². The first-order valence-corrected chi connectivity index (χ1v) is 9.50. The molecule has 0 radical (unpaired) electrons. The van der Waals surface area contributed by atoms with Gasteiger partial charge in [0.25, 0.3) is 5.91 Å². The van der Waals surface area contributed by atoms with Gasteiger partial charge in [-0.1, -0.05) is 41.9 Å². The molecule has 3 aromatic rings. The summed E-state index contributed by atoms with van der Waals surface area (Å²) in [6, 6.07) is 21.3. The van der Waals surface area contributed by atoms with Crippen LogP contribution in [0.25, 0.3) is 0 Å². The Labute approximate surface area is 179 Å². The first kappa shape index (κ1) is 21.2. The number of carbonyl (C=O) groups excluding carboxylic acids is 2. The fourth-order valence-corrected chi connectivity index (χ4v) is 2.74. The third-order valence-corrected chi connectivity index (χ3v) is 4.43. The summed E-state index contributed by atoms with van der Waals surface area (Å²) >= 11 is 6.08. The lowest BCUT2D eigenvalue weighted by Gasteiger charge is -2.11. The predicted octanol–water partition coefficient (Wildman–Crippen LogP) is 4.72. The third kappa shape index (κ3) is 5.99. The van der Waals surface area contributed by atoms with Crippen molar-refractivity contribution < 1.29 is 23.8 Å². The normalized spacial score (nSPS) is 10.2. The Morgan fingerprint density at radius 3 is 2.23 bits per heavy atom. The van der Waals surface area contributed by atoms with Crippen LogP contribution in [0.1, 0.15) is 15.9 Å². The van der Waals surface area contributed by atoms with Gasteiger partial charge < -0.3 is 19.5 Å². The van der Waals surface area contributed by atoms with Crippen LogP contribution in [0.3, 0.4) is 0 Å². The number of amides is 1. The summed E-state index contributed by atoms with van der Waals surface area (Å²) in [5.41, 5.74) is 1.66. The molecule has 0 saturated carbocycles. The highest BCUT2D eigenvalue weighted by atomic mass is 35.5. The van der Waals surface area contributed by atoms with Crippen molar-refractivity contribution in [3.8, 4) is 11.5 Å². The summed E-state index contributed by atoms with van der Waals surface area (Å²) in [6.07, 6.45) is 0. The van der Waals surface area contributed by atoms with Gasteiger partial charge in [0, 0.05) is 0 Å². The fourth-order valence-electron chi connectivity index (χ4n) is 2.57. The highest BCUT2D eigenvalue weighted by molar-refractivity contribution is 6.33. The van der Waals surface area contributed by atoms with Gasteiger partial charge in [-0.15, -0.1) is 0 Å². The second-order valence-corrected chi connectivity index (χ2v) is 6.68. The molecule has 3 rings (SSSR count). The summed E-state index contributed by atoms with van der Waals surface area (Å²) in [5, 5.41) is 2.92. The number of anilines is 1. The van der Waals surface area contributed by atoms with Crippen molar-refractivity contribution in [2.45, 2.75) is 6.61 Å². The summed E-state index contributed by atoms with van der Waals surface area (Å²) in [5.74, 6) is 0.282. The lowest BCUT2D eigenvalue weighted by atomic mass is 10.2. The first-order valence-electron chi connectivity index (χ1n) is 9.12. The lowest BCUT2D eigenvalue weighted by Crippen LogP contribution is -2.20. The molecule has 0 aliphatic heterocycles. The molecule has 7 heteroatoms. The maximum absolute atomic E-state index is 12.2. The Bertz CT molecular complexity index is 1010. The van der Waals surface area contributed by atoms with Crippen molar-refractivity contribution in [1.29, 1.82) is 0 Å². The third-order valence-electron chi connectivity index (χ3n) is 4.10. The van der Waals surface area contributed by atoms with E-state index < -0.39 is 11.9 Å². The summed E-state index contributed by atoms with van der Waals surface area (Å²) in [7, 11) is 1.28. The van der Waals surface area contributed by atoms with E-state index in [-0.39, 0.29) is 12.2 Å². The Balaban J connectivity index is 1.50. The Hall–Kier alpha value is -3.51. The molecule has 0 atom stereocenters. The van der Waals surface area contributed by atoms with Crippen molar-refractivity contribution >= 4 is 29.2 Å². The average Bonchev–Trinajstić information content (AvgIpc) is 2.78. The van der Waals surface area contributed by atoms with E-state index >= 15 is 0 Å². The van der Waals surface area contributed by atoms with E-state index in [2.05, 4.69) is 10.1 Å². The highest BCUT2D eigenvalue weighted by Gasteiger charge is 2.12. The molecule has 0 aliphatic carbocycles. The number of halogens is 1. The topological polar surface area (TPSA) is 73.9 Å². The van der Waals surface area contributed by atoms with Crippen LogP contribution < -0.4 is 14.8 Å². The maximum Gasteiger partial charge on any atom is 0.337 e. The highest BCUT2D eigenvalue weighted by Crippen LogP contribution is 2.24. The van der Waals surface area contributed by atoms with E-state index in [4.69, 9.17) is 21.1 Å². The second-order valence-electron chi connectivity index (χ2n) is 6.27. The Morgan fingerprint density at radius 1 is 0.900 bits per heavy atom. The van der Waals surface area contributed by atoms with E-state index in [1.807, 2.05) is 30.3 Å². The van der Waals surface area contributed by atoms with Crippen LogP contribution in [-0.4, -0.2) is 25.6 Å². The van der Waals surface area contributed by atoms with Gasteiger partial charge in [-0.2, -0.15) is 0 Å². The molecule has 0 heterocycles. The molecule has 0 aromatic heterocycles. The molecule has 0 bridgehead atoms. The fraction of sp³-hybridized carbons (Fsp3) is 0.130. The van der Waals surface area contributed by atoms with Gasteiger partial charge in [0.05, 0.1) is 23.4 Å². The molecule has 154 valence electrons. The number of rotatable bonds is 8. The van der Waals surface area contributed by atoms with E-state index in [9.17, 15) is 9.59 Å². The van der Waals surface area contributed by atoms with Crippen molar-refractivity contribution in [2.24, 2.45) is 0 Å². The quantitative estimate of drug-likeness (QED) is 0.528. The molecule has 1 N–H and O–H groups in total. The minimum atomic E-state index is -0.520. The average molecular weight is 426 g/mol. The summed E-state index contributed by atoms with van der Waals surface area (Å²) in [6.45, 7) is 0.248. The lowest BCUT2D eigenvalue weighted by molar-refractivity contribution is -0.118. The molecule has 0 spiro atoms. The van der Waals surface area contributed by atoms with E-state index in [1.165, 1.54) is 25.3 Å². The Morgan fingerprint density at radius 2 is 1.57 bits per heavy atom. The zero-order valence-corrected chi connectivity index (χ0v) is 17.0. The molecule has 0 fully saturated rings. The van der Waals surface area contributed by atoms with E-state index in [0.29, 0.717) is 28.8 Å². The second kappa shape index (κ2) is 10.3. The van der Waals surface area contributed by atoms with Gasteiger partial charge in [0.15, 0.2) is 6.61 Å². The molecule has 3 aromatic carbocycles. The number of methoxy groups -OCH3 is 1. The maximum atomic E-state index is 12.2. The van der Waals surface area contributed by atoms with Gasteiger partial charge in [-0.05, 0) is 48.0 Å². The van der Waals surface area contributed by atoms with Crippen molar-refractivity contribution in [3.05, 3.63) is 88.9 Å². The monoisotopic (exact) mass is 425 g/mol. The molecule has 30 heavy (non-hydrogen) atoms. The number of hydrogen-bond donors (Lipinski definition) is 1. The molecule has 1 amide bonds. The minimum absolute atomic E-state index is 0.219. The first-order chi connectivity index (χ1) is 14.5. The number of ether oxygens (including phenoxy) is 3.